The third-order valence-corrected chi connectivity index (χ3v) is 5.01. The van der Waals surface area contributed by atoms with Crippen LogP contribution in [0.2, 0.25) is 0 Å². The van der Waals surface area contributed by atoms with Crippen molar-refractivity contribution in [1.29, 1.82) is 0 Å². The first-order chi connectivity index (χ1) is 12.5. The smallest absolute Gasteiger partial charge is 0.326 e. The molecule has 0 radical (unpaired) electrons. The predicted octanol–water partition coefficient (Wildman–Crippen LogP) is 2.82. The molecule has 3 aromatic rings. The highest BCUT2D eigenvalue weighted by Crippen LogP contribution is 2.43. The van der Waals surface area contributed by atoms with Gasteiger partial charge in [0, 0.05) is 35.5 Å². The molecule has 0 bridgehead atoms. The molecule has 2 heterocycles. The molecule has 6 nitrogen and oxygen atoms in total. The van der Waals surface area contributed by atoms with Gasteiger partial charge in [-0.3, -0.25) is 4.79 Å². The van der Waals surface area contributed by atoms with Gasteiger partial charge in [-0.05, 0) is 17.7 Å². The van der Waals surface area contributed by atoms with Crippen molar-refractivity contribution in [2.45, 2.75) is 25.4 Å². The van der Waals surface area contributed by atoms with Gasteiger partial charge in [-0.25, -0.2) is 4.79 Å². The van der Waals surface area contributed by atoms with Gasteiger partial charge in [-0.2, -0.15) is 0 Å². The number of aromatic hydroxyl groups is 1. The molecule has 0 saturated carbocycles. The number of phenolic OH excluding ortho intramolecular Hbond substituents is 1. The minimum absolute atomic E-state index is 0.0272. The summed E-state index contributed by atoms with van der Waals surface area (Å²) in [5.41, 5.74) is 3.01. The van der Waals surface area contributed by atoms with Crippen LogP contribution in [0, 0.1) is 0 Å². The zero-order valence-corrected chi connectivity index (χ0v) is 14.1. The molecular formula is C20H18N2O4. The number of nitrogens with zero attached hydrogens (tertiary/aromatic N) is 1. The molecule has 1 aromatic heterocycles. The standard InChI is InChI=1S/C20H18N2O4/c1-11(23)22-16(20(25)26)10-14-12-6-2-4-8-15(12)21-18(14)19(22)13-7-3-5-9-17(13)24/h2-9,16,19,21,24H,10H2,1H3,(H,25,26)/t16-,19-/m1/s1. The maximum atomic E-state index is 12.4. The molecule has 6 heteroatoms. The first-order valence-electron chi connectivity index (χ1n) is 8.38. The number of rotatable bonds is 2. The monoisotopic (exact) mass is 350 g/mol. The Kier molecular flexibility index (Phi) is 3.68. The Balaban J connectivity index is 2.03. The molecule has 0 aliphatic carbocycles. The fourth-order valence-corrected chi connectivity index (χ4v) is 3.92. The van der Waals surface area contributed by atoms with Crippen molar-refractivity contribution < 1.29 is 19.8 Å². The van der Waals surface area contributed by atoms with Crippen LogP contribution in [-0.2, 0) is 16.0 Å². The van der Waals surface area contributed by atoms with Crippen molar-refractivity contribution in [2.75, 3.05) is 0 Å². The number of benzene rings is 2. The SMILES string of the molecule is CC(=O)N1[C@H](c2ccccc2O)c2[nH]c3ccccc3c2C[C@@H]1C(=O)O. The summed E-state index contributed by atoms with van der Waals surface area (Å²) in [7, 11) is 0. The van der Waals surface area contributed by atoms with Crippen molar-refractivity contribution in [2.24, 2.45) is 0 Å². The molecule has 132 valence electrons. The van der Waals surface area contributed by atoms with Gasteiger partial charge in [0.25, 0.3) is 0 Å². The zero-order valence-electron chi connectivity index (χ0n) is 14.1. The molecule has 3 N–H and O–H groups in total. The van der Waals surface area contributed by atoms with E-state index in [9.17, 15) is 19.8 Å². The summed E-state index contributed by atoms with van der Waals surface area (Å²) >= 11 is 0. The second-order valence-corrected chi connectivity index (χ2v) is 6.51. The first kappa shape index (κ1) is 16.2. The lowest BCUT2D eigenvalue weighted by molar-refractivity contribution is -0.151. The summed E-state index contributed by atoms with van der Waals surface area (Å²) in [4.78, 5) is 29.0. The number of carboxylic acids is 1. The number of aliphatic carboxylic acids is 1. The van der Waals surface area contributed by atoms with Gasteiger partial charge in [0.15, 0.2) is 0 Å². The quantitative estimate of drug-likeness (QED) is 0.662. The maximum Gasteiger partial charge on any atom is 0.326 e. The number of carbonyl (C=O) groups is 2. The molecular weight excluding hydrogens is 332 g/mol. The summed E-state index contributed by atoms with van der Waals surface area (Å²) < 4.78 is 0. The van der Waals surface area contributed by atoms with Gasteiger partial charge < -0.3 is 20.1 Å². The van der Waals surface area contributed by atoms with Crippen LogP contribution < -0.4 is 0 Å². The number of carboxylic acid groups (broad SMARTS) is 1. The number of aromatic nitrogens is 1. The lowest BCUT2D eigenvalue weighted by atomic mass is 9.87. The van der Waals surface area contributed by atoms with Crippen LogP contribution in [0.25, 0.3) is 10.9 Å². The van der Waals surface area contributed by atoms with Crippen LogP contribution in [0.1, 0.15) is 29.8 Å². The van der Waals surface area contributed by atoms with Crippen LogP contribution in [0.5, 0.6) is 5.75 Å². The van der Waals surface area contributed by atoms with Crippen LogP contribution in [0.15, 0.2) is 48.5 Å². The fourth-order valence-electron chi connectivity index (χ4n) is 3.92. The normalized spacial score (nSPS) is 19.3. The summed E-state index contributed by atoms with van der Waals surface area (Å²) in [6.45, 7) is 1.36. The summed E-state index contributed by atoms with van der Waals surface area (Å²) in [5.74, 6) is -1.38. The first-order valence-corrected chi connectivity index (χ1v) is 8.38. The maximum absolute atomic E-state index is 12.4. The van der Waals surface area contributed by atoms with E-state index in [0.717, 1.165) is 22.2 Å². The van der Waals surface area contributed by atoms with E-state index >= 15 is 0 Å². The minimum Gasteiger partial charge on any atom is -0.508 e. The largest absolute Gasteiger partial charge is 0.508 e. The molecule has 4 rings (SSSR count). The molecule has 2 aromatic carbocycles. The van der Waals surface area contributed by atoms with Crippen LogP contribution in [-0.4, -0.2) is 38.0 Å². The Hall–Kier alpha value is -3.28. The highest BCUT2D eigenvalue weighted by Gasteiger charge is 2.43. The van der Waals surface area contributed by atoms with Gasteiger partial charge in [0.2, 0.25) is 5.91 Å². The molecule has 1 amide bonds. The Bertz CT molecular complexity index is 1020. The van der Waals surface area contributed by atoms with Crippen LogP contribution in [0.4, 0.5) is 0 Å². The molecule has 0 fully saturated rings. The molecule has 1 aliphatic rings. The average Bonchev–Trinajstić information content (AvgIpc) is 2.99. The Morgan fingerprint density at radius 1 is 1.12 bits per heavy atom. The Morgan fingerprint density at radius 2 is 1.81 bits per heavy atom. The van der Waals surface area contributed by atoms with E-state index in [2.05, 4.69) is 4.98 Å². The third-order valence-electron chi connectivity index (χ3n) is 5.01. The van der Waals surface area contributed by atoms with E-state index in [4.69, 9.17) is 0 Å². The second-order valence-electron chi connectivity index (χ2n) is 6.51. The summed E-state index contributed by atoms with van der Waals surface area (Å²) in [6.07, 6.45) is 0.221. The number of amides is 1. The Labute approximate surface area is 149 Å². The van der Waals surface area contributed by atoms with Crippen molar-refractivity contribution in [3.63, 3.8) is 0 Å². The number of hydrogen-bond acceptors (Lipinski definition) is 3. The van der Waals surface area contributed by atoms with Crippen molar-refractivity contribution in [3.05, 3.63) is 65.4 Å². The van der Waals surface area contributed by atoms with E-state index in [1.54, 1.807) is 24.3 Å². The molecule has 1 aliphatic heterocycles. The third kappa shape index (κ3) is 2.34. The molecule has 2 atom stereocenters. The zero-order chi connectivity index (χ0) is 18.4. The number of phenols is 1. The van der Waals surface area contributed by atoms with Crippen molar-refractivity contribution >= 4 is 22.8 Å². The van der Waals surface area contributed by atoms with Gasteiger partial charge >= 0.3 is 5.97 Å². The number of para-hydroxylation sites is 2. The molecule has 26 heavy (non-hydrogen) atoms. The van der Waals surface area contributed by atoms with E-state index in [1.807, 2.05) is 24.3 Å². The number of aromatic amines is 1. The van der Waals surface area contributed by atoms with E-state index < -0.39 is 18.1 Å². The van der Waals surface area contributed by atoms with E-state index in [1.165, 1.54) is 11.8 Å². The van der Waals surface area contributed by atoms with Gasteiger partial charge in [0.05, 0.1) is 0 Å². The summed E-state index contributed by atoms with van der Waals surface area (Å²) in [5, 5.41) is 21.1. The number of carbonyl (C=O) groups excluding carboxylic acids is 1. The molecule has 0 unspecified atom stereocenters. The lowest BCUT2D eigenvalue weighted by Crippen LogP contribution is -2.50. The van der Waals surface area contributed by atoms with Crippen LogP contribution >= 0.6 is 0 Å². The summed E-state index contributed by atoms with van der Waals surface area (Å²) in [6, 6.07) is 12.7. The van der Waals surface area contributed by atoms with E-state index in [0.29, 0.717) is 5.56 Å². The highest BCUT2D eigenvalue weighted by atomic mass is 16.4. The predicted molar refractivity (Wildman–Crippen MR) is 95.9 cm³/mol. The van der Waals surface area contributed by atoms with Crippen molar-refractivity contribution in [1.82, 2.24) is 9.88 Å². The molecule has 0 saturated heterocycles. The molecule has 0 spiro atoms. The Morgan fingerprint density at radius 3 is 2.50 bits per heavy atom. The average molecular weight is 350 g/mol. The van der Waals surface area contributed by atoms with Gasteiger partial charge in [-0.1, -0.05) is 36.4 Å². The van der Waals surface area contributed by atoms with Crippen LogP contribution in [0.3, 0.4) is 0 Å². The second kappa shape index (κ2) is 5.91. The highest BCUT2D eigenvalue weighted by molar-refractivity contribution is 5.90. The minimum atomic E-state index is -1.06. The number of nitrogens with one attached hydrogen (secondary N) is 1. The van der Waals surface area contributed by atoms with Gasteiger partial charge in [-0.15, -0.1) is 0 Å². The van der Waals surface area contributed by atoms with Crippen molar-refractivity contribution in [3.8, 4) is 5.75 Å². The fraction of sp³-hybridized carbons (Fsp3) is 0.200. The topological polar surface area (TPSA) is 93.6 Å². The van der Waals surface area contributed by atoms with Gasteiger partial charge in [0.1, 0.15) is 17.8 Å². The number of fused-ring (bicyclic) bond motifs is 3. The lowest BCUT2D eigenvalue weighted by Gasteiger charge is -2.40. The number of hydrogen-bond donors (Lipinski definition) is 3. The number of H-pyrrole nitrogens is 1. The van der Waals surface area contributed by atoms with E-state index in [-0.39, 0.29) is 18.1 Å².